The number of rotatable bonds is 5. The SMILES string of the molecule is Cc1cc(C=Cc2cc(-c3cncn3C)nc3cc(Cl)c(CCC#N)cc23)n[nH]1. The Hall–Kier alpha value is -3.43. The molecule has 3 heterocycles. The standard InChI is InChI=1S/C22H19ClN6/c1-14-8-17(28-27-14)6-5-15-10-21(22-12-25-13-29(22)2)26-20-11-19(23)16(4-3-7-24)9-18(15)20/h5-6,8-13H,3-4H2,1-2H3,(H,27,28). The number of benzene rings is 1. The van der Waals surface area contributed by atoms with E-state index in [4.69, 9.17) is 21.8 Å². The van der Waals surface area contributed by atoms with Crippen LogP contribution in [0.5, 0.6) is 0 Å². The number of hydrogen-bond donors (Lipinski definition) is 1. The second kappa shape index (κ2) is 7.90. The van der Waals surface area contributed by atoms with Gasteiger partial charge >= 0.3 is 0 Å². The number of imidazole rings is 1. The highest BCUT2D eigenvalue weighted by molar-refractivity contribution is 6.32. The van der Waals surface area contributed by atoms with Crippen molar-refractivity contribution >= 4 is 34.7 Å². The first kappa shape index (κ1) is 18.9. The molecule has 4 aromatic rings. The lowest BCUT2D eigenvalue weighted by Gasteiger charge is -2.11. The smallest absolute Gasteiger partial charge is 0.0948 e. The minimum absolute atomic E-state index is 0.420. The quantitative estimate of drug-likeness (QED) is 0.512. The Kier molecular flexibility index (Phi) is 5.15. The van der Waals surface area contributed by atoms with Gasteiger partial charge in [0, 0.05) is 29.6 Å². The molecule has 7 heteroatoms. The fourth-order valence-corrected chi connectivity index (χ4v) is 3.53. The van der Waals surface area contributed by atoms with Crippen molar-refractivity contribution in [2.75, 3.05) is 0 Å². The van der Waals surface area contributed by atoms with Crippen LogP contribution in [0.3, 0.4) is 0 Å². The Bertz CT molecular complexity index is 1260. The summed E-state index contributed by atoms with van der Waals surface area (Å²) >= 11 is 6.48. The molecule has 0 spiro atoms. The minimum atomic E-state index is 0.420. The molecule has 0 radical (unpaired) electrons. The maximum Gasteiger partial charge on any atom is 0.0948 e. The molecule has 0 aliphatic rings. The van der Waals surface area contributed by atoms with E-state index in [9.17, 15) is 0 Å². The lowest BCUT2D eigenvalue weighted by atomic mass is 10.0. The summed E-state index contributed by atoms with van der Waals surface area (Å²) in [6.45, 7) is 1.97. The third kappa shape index (κ3) is 3.91. The van der Waals surface area contributed by atoms with Crippen LogP contribution in [-0.2, 0) is 13.5 Å². The van der Waals surface area contributed by atoms with Crippen molar-refractivity contribution in [3.8, 4) is 17.5 Å². The van der Waals surface area contributed by atoms with Gasteiger partial charge in [-0.25, -0.2) is 9.97 Å². The number of fused-ring (bicyclic) bond motifs is 1. The summed E-state index contributed by atoms with van der Waals surface area (Å²) in [6.07, 6.45) is 8.57. The Morgan fingerprint density at radius 1 is 1.24 bits per heavy atom. The normalized spacial score (nSPS) is 11.4. The molecule has 6 nitrogen and oxygen atoms in total. The maximum absolute atomic E-state index is 8.93. The van der Waals surface area contributed by atoms with Crippen molar-refractivity contribution in [2.24, 2.45) is 7.05 Å². The number of H-pyrrole nitrogens is 1. The van der Waals surface area contributed by atoms with Crippen LogP contribution in [0.4, 0.5) is 0 Å². The number of hydrogen-bond acceptors (Lipinski definition) is 4. The van der Waals surface area contributed by atoms with Gasteiger partial charge in [-0.05, 0) is 54.8 Å². The van der Waals surface area contributed by atoms with E-state index >= 15 is 0 Å². The molecule has 144 valence electrons. The van der Waals surface area contributed by atoms with Gasteiger partial charge in [-0.2, -0.15) is 10.4 Å². The van der Waals surface area contributed by atoms with Crippen molar-refractivity contribution in [1.82, 2.24) is 24.7 Å². The van der Waals surface area contributed by atoms with Crippen LogP contribution < -0.4 is 0 Å². The van der Waals surface area contributed by atoms with Gasteiger partial charge in [0.2, 0.25) is 0 Å². The predicted octanol–water partition coefficient (Wildman–Crippen LogP) is 4.95. The van der Waals surface area contributed by atoms with Gasteiger partial charge < -0.3 is 4.57 Å². The molecule has 0 aliphatic heterocycles. The molecule has 4 rings (SSSR count). The predicted molar refractivity (Wildman–Crippen MR) is 115 cm³/mol. The van der Waals surface area contributed by atoms with Gasteiger partial charge in [0.15, 0.2) is 0 Å². The molecule has 3 aromatic heterocycles. The Morgan fingerprint density at radius 3 is 2.79 bits per heavy atom. The molecular formula is C22H19ClN6. The molecule has 1 aromatic carbocycles. The van der Waals surface area contributed by atoms with Crippen LogP contribution in [0, 0.1) is 18.3 Å². The van der Waals surface area contributed by atoms with Crippen LogP contribution in [-0.4, -0.2) is 24.7 Å². The first-order valence-electron chi connectivity index (χ1n) is 9.22. The fourth-order valence-electron chi connectivity index (χ4n) is 3.27. The molecular weight excluding hydrogens is 384 g/mol. The minimum Gasteiger partial charge on any atom is -0.332 e. The number of aromatic amines is 1. The number of nitrogens with one attached hydrogen (secondary N) is 1. The second-order valence-electron chi connectivity index (χ2n) is 6.91. The average Bonchev–Trinajstić information content (AvgIpc) is 3.32. The van der Waals surface area contributed by atoms with E-state index in [0.717, 1.165) is 44.8 Å². The Balaban J connectivity index is 1.89. The first-order chi connectivity index (χ1) is 14.0. The van der Waals surface area contributed by atoms with Gasteiger partial charge in [-0.3, -0.25) is 5.10 Å². The summed E-state index contributed by atoms with van der Waals surface area (Å²) in [6, 6.07) is 10.1. The lowest BCUT2D eigenvalue weighted by Crippen LogP contribution is -1.96. The van der Waals surface area contributed by atoms with E-state index in [1.807, 2.05) is 55.0 Å². The van der Waals surface area contributed by atoms with Crippen molar-refractivity contribution in [3.63, 3.8) is 0 Å². The summed E-state index contributed by atoms with van der Waals surface area (Å²) < 4.78 is 1.93. The zero-order valence-electron chi connectivity index (χ0n) is 16.1. The van der Waals surface area contributed by atoms with Gasteiger partial charge in [0.05, 0.1) is 41.2 Å². The summed E-state index contributed by atoms with van der Waals surface area (Å²) in [5.41, 5.74) is 6.34. The van der Waals surface area contributed by atoms with Gasteiger partial charge in [-0.1, -0.05) is 17.7 Å². The topological polar surface area (TPSA) is 83.2 Å². The van der Waals surface area contributed by atoms with Crippen LogP contribution >= 0.6 is 11.6 Å². The number of pyridine rings is 1. The third-order valence-corrected chi connectivity index (χ3v) is 5.11. The molecule has 0 amide bonds. The summed E-state index contributed by atoms with van der Waals surface area (Å²) in [5, 5.41) is 17.8. The molecule has 0 atom stereocenters. The highest BCUT2D eigenvalue weighted by Gasteiger charge is 2.12. The molecule has 0 fully saturated rings. The number of halogens is 1. The summed E-state index contributed by atoms with van der Waals surface area (Å²) in [7, 11) is 1.94. The van der Waals surface area contributed by atoms with Crippen molar-refractivity contribution in [3.05, 3.63) is 64.3 Å². The zero-order valence-corrected chi connectivity index (χ0v) is 16.9. The molecule has 0 aliphatic carbocycles. The van der Waals surface area contributed by atoms with E-state index in [1.165, 1.54) is 0 Å². The van der Waals surface area contributed by atoms with Crippen molar-refractivity contribution in [2.45, 2.75) is 19.8 Å². The molecule has 0 saturated heterocycles. The lowest BCUT2D eigenvalue weighted by molar-refractivity contribution is 0.917. The van der Waals surface area contributed by atoms with Crippen molar-refractivity contribution < 1.29 is 0 Å². The van der Waals surface area contributed by atoms with Gasteiger partial charge in [0.25, 0.3) is 0 Å². The highest BCUT2D eigenvalue weighted by atomic mass is 35.5. The van der Waals surface area contributed by atoms with Crippen LogP contribution in [0.15, 0.2) is 36.8 Å². The summed E-state index contributed by atoms with van der Waals surface area (Å²) in [4.78, 5) is 9.02. The molecule has 0 bridgehead atoms. The average molecular weight is 403 g/mol. The first-order valence-corrected chi connectivity index (χ1v) is 9.60. The zero-order chi connectivity index (χ0) is 20.4. The van der Waals surface area contributed by atoms with E-state index in [1.54, 1.807) is 12.5 Å². The van der Waals surface area contributed by atoms with Crippen LogP contribution in [0.2, 0.25) is 5.02 Å². The third-order valence-electron chi connectivity index (χ3n) is 4.75. The molecule has 1 N–H and O–H groups in total. The van der Waals surface area contributed by atoms with Gasteiger partial charge in [0.1, 0.15) is 0 Å². The molecule has 29 heavy (non-hydrogen) atoms. The molecule has 0 saturated carbocycles. The van der Waals surface area contributed by atoms with Crippen molar-refractivity contribution in [1.29, 1.82) is 5.26 Å². The van der Waals surface area contributed by atoms with E-state index in [-0.39, 0.29) is 0 Å². The monoisotopic (exact) mass is 402 g/mol. The van der Waals surface area contributed by atoms with Crippen LogP contribution in [0.1, 0.15) is 28.9 Å². The second-order valence-corrected chi connectivity index (χ2v) is 7.32. The molecule has 0 unspecified atom stereocenters. The fraction of sp³-hybridized carbons (Fsp3) is 0.182. The Morgan fingerprint density at radius 2 is 2.10 bits per heavy atom. The summed E-state index contributed by atoms with van der Waals surface area (Å²) in [5.74, 6) is 0. The largest absolute Gasteiger partial charge is 0.332 e. The maximum atomic E-state index is 8.93. The van der Waals surface area contributed by atoms with Gasteiger partial charge in [-0.15, -0.1) is 0 Å². The van der Waals surface area contributed by atoms with E-state index in [0.29, 0.717) is 17.9 Å². The number of aryl methyl sites for hydroxylation is 3. The van der Waals surface area contributed by atoms with E-state index < -0.39 is 0 Å². The number of nitrogens with zero attached hydrogens (tertiary/aromatic N) is 5. The number of nitriles is 1. The number of aromatic nitrogens is 5. The highest BCUT2D eigenvalue weighted by Crippen LogP contribution is 2.30. The Labute approximate surface area is 173 Å². The van der Waals surface area contributed by atoms with Crippen LogP contribution in [0.25, 0.3) is 34.4 Å². The van der Waals surface area contributed by atoms with E-state index in [2.05, 4.69) is 21.3 Å².